The normalized spacial score (nSPS) is 17.6. The zero-order valence-electron chi connectivity index (χ0n) is 18.6. The molecule has 4 heterocycles. The van der Waals surface area contributed by atoms with E-state index in [1.165, 1.54) is 15.8 Å². The number of hydrogen-bond acceptors (Lipinski definition) is 6. The molecule has 3 aromatic rings. The van der Waals surface area contributed by atoms with E-state index in [0.717, 1.165) is 74.4 Å². The first-order valence-corrected chi connectivity index (χ1v) is 12.1. The number of rotatable bonds is 4. The van der Waals surface area contributed by atoms with Crippen LogP contribution in [0.5, 0.6) is 0 Å². The van der Waals surface area contributed by atoms with Gasteiger partial charge in [0, 0.05) is 55.8 Å². The largest absolute Gasteiger partial charge is 0.368 e. The summed E-state index contributed by atoms with van der Waals surface area (Å²) in [4.78, 5) is 20.0. The topological polar surface area (TPSA) is 35.5 Å². The molecule has 31 heavy (non-hydrogen) atoms. The fourth-order valence-corrected chi connectivity index (χ4v) is 5.89. The summed E-state index contributed by atoms with van der Waals surface area (Å²) < 4.78 is 13.3. The second-order valence-corrected chi connectivity index (χ2v) is 9.90. The molecule has 5 rings (SSSR count). The molecule has 1 aromatic carbocycles. The fourth-order valence-electron chi connectivity index (χ4n) is 4.63. The minimum atomic E-state index is -0.184. The smallest absolute Gasteiger partial charge is 0.141 e. The van der Waals surface area contributed by atoms with E-state index >= 15 is 0 Å². The molecular weight excluding hydrogens is 409 g/mol. The van der Waals surface area contributed by atoms with Gasteiger partial charge < -0.3 is 9.80 Å². The highest BCUT2D eigenvalue weighted by atomic mass is 32.1. The lowest BCUT2D eigenvalue weighted by molar-refractivity contribution is 0.272. The summed E-state index contributed by atoms with van der Waals surface area (Å²) in [5.41, 5.74) is 2.56. The summed E-state index contributed by atoms with van der Waals surface area (Å²) in [6.45, 7) is 13.4. The average molecular weight is 440 g/mol. The summed E-state index contributed by atoms with van der Waals surface area (Å²) in [7, 11) is 0. The molecule has 2 aromatic heterocycles. The van der Waals surface area contributed by atoms with Crippen LogP contribution in [0.3, 0.4) is 0 Å². The number of anilines is 2. The Morgan fingerprint density at radius 3 is 2.39 bits per heavy atom. The molecule has 164 valence electrons. The molecule has 0 unspecified atom stereocenters. The average Bonchev–Trinajstić information content (AvgIpc) is 3.16. The third-order valence-corrected chi connectivity index (χ3v) is 7.62. The van der Waals surface area contributed by atoms with Gasteiger partial charge in [-0.05, 0) is 42.8 Å². The fraction of sp³-hybridized carbons (Fsp3) is 0.500. The molecule has 0 N–H and O–H groups in total. The molecule has 0 bridgehead atoms. The van der Waals surface area contributed by atoms with Crippen molar-refractivity contribution in [2.45, 2.75) is 39.7 Å². The van der Waals surface area contributed by atoms with E-state index in [1.54, 1.807) is 12.1 Å². The molecule has 0 atom stereocenters. The van der Waals surface area contributed by atoms with Gasteiger partial charge in [-0.15, -0.1) is 11.3 Å². The maximum atomic E-state index is 13.3. The maximum Gasteiger partial charge on any atom is 0.141 e. The first-order chi connectivity index (χ1) is 15.0. The van der Waals surface area contributed by atoms with Gasteiger partial charge in [-0.25, -0.2) is 14.4 Å². The Bertz CT molecular complexity index is 1070. The van der Waals surface area contributed by atoms with Crippen molar-refractivity contribution in [2.24, 2.45) is 0 Å². The summed E-state index contributed by atoms with van der Waals surface area (Å²) >= 11 is 1.86. The van der Waals surface area contributed by atoms with Gasteiger partial charge in [-0.2, -0.15) is 0 Å². The van der Waals surface area contributed by atoms with E-state index in [4.69, 9.17) is 9.97 Å². The van der Waals surface area contributed by atoms with Gasteiger partial charge in [0.15, 0.2) is 0 Å². The van der Waals surface area contributed by atoms with Crippen LogP contribution >= 0.6 is 11.3 Å². The molecule has 2 aliphatic heterocycles. The third-order valence-electron chi connectivity index (χ3n) is 6.51. The molecule has 2 aliphatic rings. The van der Waals surface area contributed by atoms with E-state index in [9.17, 15) is 4.39 Å². The summed E-state index contributed by atoms with van der Waals surface area (Å²) in [5.74, 6) is 2.18. The van der Waals surface area contributed by atoms with Gasteiger partial charge in [0.25, 0.3) is 0 Å². The SMILES string of the molecule is CCN1CCc2c(sc3nc(C(C)C)nc(N4CCN(c5ccc(F)cc5)CC4)c23)C1. The number of hydrogen-bond donors (Lipinski definition) is 0. The van der Waals surface area contributed by atoms with Crippen LogP contribution in [0.2, 0.25) is 0 Å². The van der Waals surface area contributed by atoms with Crippen LogP contribution in [-0.2, 0) is 13.0 Å². The Balaban J connectivity index is 1.47. The van der Waals surface area contributed by atoms with Gasteiger partial charge in [-0.3, -0.25) is 4.90 Å². The number of halogens is 1. The number of aromatic nitrogens is 2. The van der Waals surface area contributed by atoms with E-state index in [0.29, 0.717) is 5.92 Å². The quantitative estimate of drug-likeness (QED) is 0.591. The standard InChI is InChI=1S/C24H30FN5S/c1-4-28-10-9-19-20(15-28)31-24-21(19)23(26-22(27-24)16(2)3)30-13-11-29(12-14-30)18-7-5-17(25)6-8-18/h5-8,16H,4,9-15H2,1-3H3. The Kier molecular flexibility index (Phi) is 5.56. The minimum Gasteiger partial charge on any atom is -0.368 e. The van der Waals surface area contributed by atoms with Crippen LogP contribution < -0.4 is 9.80 Å². The van der Waals surface area contributed by atoms with Crippen molar-refractivity contribution in [3.05, 3.63) is 46.3 Å². The van der Waals surface area contributed by atoms with E-state index in [2.05, 4.69) is 35.5 Å². The van der Waals surface area contributed by atoms with Crippen LogP contribution in [-0.4, -0.2) is 54.1 Å². The molecule has 0 amide bonds. The second kappa shape index (κ2) is 8.36. The molecule has 0 aliphatic carbocycles. The molecule has 1 fully saturated rings. The number of fused-ring (bicyclic) bond motifs is 3. The van der Waals surface area contributed by atoms with Crippen LogP contribution in [0.15, 0.2) is 24.3 Å². The Morgan fingerprint density at radius 2 is 1.71 bits per heavy atom. The van der Waals surface area contributed by atoms with E-state index in [-0.39, 0.29) is 5.82 Å². The van der Waals surface area contributed by atoms with Gasteiger partial charge in [0.2, 0.25) is 0 Å². The monoisotopic (exact) mass is 439 g/mol. The predicted octanol–water partition coefficient (Wildman–Crippen LogP) is 4.66. The summed E-state index contributed by atoms with van der Waals surface area (Å²) in [5, 5.41) is 1.29. The molecule has 5 nitrogen and oxygen atoms in total. The summed E-state index contributed by atoms with van der Waals surface area (Å²) in [6.07, 6.45) is 1.08. The predicted molar refractivity (Wildman–Crippen MR) is 127 cm³/mol. The van der Waals surface area contributed by atoms with Gasteiger partial charge >= 0.3 is 0 Å². The van der Waals surface area contributed by atoms with Crippen LogP contribution in [0.1, 0.15) is 43.0 Å². The van der Waals surface area contributed by atoms with Crippen molar-refractivity contribution in [1.82, 2.24) is 14.9 Å². The Morgan fingerprint density at radius 1 is 1.00 bits per heavy atom. The first kappa shape index (κ1) is 20.6. The lowest BCUT2D eigenvalue weighted by Gasteiger charge is -2.37. The van der Waals surface area contributed by atoms with Crippen molar-refractivity contribution in [1.29, 1.82) is 0 Å². The zero-order chi connectivity index (χ0) is 21.5. The lowest BCUT2D eigenvalue weighted by atomic mass is 10.0. The number of thiophene rings is 1. The molecule has 0 spiro atoms. The molecule has 0 saturated carbocycles. The highest BCUT2D eigenvalue weighted by molar-refractivity contribution is 7.19. The number of piperazine rings is 1. The van der Waals surface area contributed by atoms with E-state index in [1.807, 2.05) is 23.5 Å². The van der Waals surface area contributed by atoms with E-state index < -0.39 is 0 Å². The summed E-state index contributed by atoms with van der Waals surface area (Å²) in [6, 6.07) is 6.84. The van der Waals surface area contributed by atoms with Crippen LogP contribution in [0.25, 0.3) is 10.2 Å². The maximum absolute atomic E-state index is 13.3. The van der Waals surface area contributed by atoms with Crippen molar-refractivity contribution >= 4 is 33.1 Å². The molecule has 1 saturated heterocycles. The van der Waals surface area contributed by atoms with Crippen molar-refractivity contribution in [3.63, 3.8) is 0 Å². The highest BCUT2D eigenvalue weighted by Crippen LogP contribution is 2.40. The molecular formula is C24H30FN5S. The number of likely N-dealkylation sites (N-methyl/N-ethyl adjacent to an activating group) is 1. The Labute approximate surface area is 187 Å². The minimum absolute atomic E-state index is 0.184. The Hall–Kier alpha value is -2.25. The van der Waals surface area contributed by atoms with Gasteiger partial charge in [0.05, 0.1) is 5.39 Å². The number of benzene rings is 1. The van der Waals surface area contributed by atoms with Gasteiger partial charge in [-0.1, -0.05) is 20.8 Å². The van der Waals surface area contributed by atoms with Crippen molar-refractivity contribution in [2.75, 3.05) is 49.1 Å². The third kappa shape index (κ3) is 3.89. The van der Waals surface area contributed by atoms with Crippen molar-refractivity contribution < 1.29 is 4.39 Å². The second-order valence-electron chi connectivity index (χ2n) is 8.81. The zero-order valence-corrected chi connectivity index (χ0v) is 19.4. The lowest BCUT2D eigenvalue weighted by Crippen LogP contribution is -2.47. The highest BCUT2D eigenvalue weighted by Gasteiger charge is 2.28. The van der Waals surface area contributed by atoms with Gasteiger partial charge in [0.1, 0.15) is 22.3 Å². The first-order valence-electron chi connectivity index (χ1n) is 11.3. The number of nitrogens with zero attached hydrogens (tertiary/aromatic N) is 5. The van der Waals surface area contributed by atoms with Crippen LogP contribution in [0, 0.1) is 5.82 Å². The van der Waals surface area contributed by atoms with Crippen LogP contribution in [0.4, 0.5) is 15.9 Å². The van der Waals surface area contributed by atoms with Crippen molar-refractivity contribution in [3.8, 4) is 0 Å². The molecule has 0 radical (unpaired) electrons. The molecule has 7 heteroatoms.